The van der Waals surface area contributed by atoms with Gasteiger partial charge in [-0.3, -0.25) is 10.1 Å². The van der Waals surface area contributed by atoms with Crippen LogP contribution in [-0.4, -0.2) is 40.6 Å². The van der Waals surface area contributed by atoms with Crippen molar-refractivity contribution in [1.29, 1.82) is 0 Å². The first-order valence-corrected chi connectivity index (χ1v) is 8.95. The predicted octanol–water partition coefficient (Wildman–Crippen LogP) is 2.85. The molecule has 0 aromatic heterocycles. The summed E-state index contributed by atoms with van der Waals surface area (Å²) in [6.07, 6.45) is 5.75. The lowest BCUT2D eigenvalue weighted by Gasteiger charge is -2.35. The number of amides is 1. The van der Waals surface area contributed by atoms with Gasteiger partial charge in [0.15, 0.2) is 0 Å². The van der Waals surface area contributed by atoms with E-state index in [2.05, 4.69) is 31.0 Å². The average Bonchev–Trinajstić information content (AvgIpc) is 2.67. The molecule has 0 aliphatic carbocycles. The Balaban J connectivity index is 2.07. The maximum atomic E-state index is 12.6. The second-order valence-electron chi connectivity index (χ2n) is 6.24. The molecule has 110 valence electrons. The lowest BCUT2D eigenvalue weighted by Crippen LogP contribution is -2.46. The SMILES string of the molecule is CCCC1NC(CC(C)C)N(C2CCSCC2)C1=O. The molecule has 4 heteroatoms. The Morgan fingerprint density at radius 3 is 2.63 bits per heavy atom. The third-order valence-corrected chi connectivity index (χ3v) is 5.19. The van der Waals surface area contributed by atoms with Gasteiger partial charge in [0.1, 0.15) is 0 Å². The topological polar surface area (TPSA) is 32.3 Å². The van der Waals surface area contributed by atoms with E-state index < -0.39 is 0 Å². The largest absolute Gasteiger partial charge is 0.323 e. The Morgan fingerprint density at radius 1 is 1.37 bits per heavy atom. The lowest BCUT2D eigenvalue weighted by molar-refractivity contribution is -0.132. The summed E-state index contributed by atoms with van der Waals surface area (Å²) < 4.78 is 0. The molecule has 0 bridgehead atoms. The van der Waals surface area contributed by atoms with Crippen LogP contribution in [0.2, 0.25) is 0 Å². The minimum atomic E-state index is 0.0725. The van der Waals surface area contributed by atoms with E-state index in [-0.39, 0.29) is 12.2 Å². The van der Waals surface area contributed by atoms with Gasteiger partial charge in [-0.2, -0.15) is 11.8 Å². The van der Waals surface area contributed by atoms with Crippen molar-refractivity contribution in [2.24, 2.45) is 5.92 Å². The number of rotatable bonds is 5. The van der Waals surface area contributed by atoms with Crippen LogP contribution in [0.15, 0.2) is 0 Å². The molecule has 1 amide bonds. The van der Waals surface area contributed by atoms with Gasteiger partial charge in [0.25, 0.3) is 0 Å². The van der Waals surface area contributed by atoms with Crippen LogP contribution in [0.5, 0.6) is 0 Å². The van der Waals surface area contributed by atoms with Crippen molar-refractivity contribution in [3.8, 4) is 0 Å². The van der Waals surface area contributed by atoms with Gasteiger partial charge in [0.05, 0.1) is 12.2 Å². The van der Waals surface area contributed by atoms with Crippen molar-refractivity contribution in [1.82, 2.24) is 10.2 Å². The Labute approximate surface area is 121 Å². The van der Waals surface area contributed by atoms with Crippen molar-refractivity contribution < 1.29 is 4.79 Å². The van der Waals surface area contributed by atoms with Gasteiger partial charge in [0.2, 0.25) is 5.91 Å². The van der Waals surface area contributed by atoms with Gasteiger partial charge in [-0.05, 0) is 43.1 Å². The Hall–Kier alpha value is -0.220. The molecule has 0 spiro atoms. The molecule has 0 saturated carbocycles. The van der Waals surface area contributed by atoms with Gasteiger partial charge < -0.3 is 4.90 Å². The molecular weight excluding hydrogens is 256 g/mol. The summed E-state index contributed by atoms with van der Waals surface area (Å²) in [5, 5.41) is 3.59. The zero-order valence-corrected chi connectivity index (χ0v) is 13.3. The summed E-state index contributed by atoms with van der Waals surface area (Å²) in [5.74, 6) is 3.42. The third-order valence-electron chi connectivity index (χ3n) is 4.14. The molecule has 2 aliphatic rings. The van der Waals surface area contributed by atoms with Crippen molar-refractivity contribution in [3.05, 3.63) is 0 Å². The zero-order valence-electron chi connectivity index (χ0n) is 12.5. The van der Waals surface area contributed by atoms with Crippen LogP contribution in [0.1, 0.15) is 52.9 Å². The fraction of sp³-hybridized carbons (Fsp3) is 0.933. The summed E-state index contributed by atoms with van der Waals surface area (Å²) in [6, 6.07) is 0.551. The second-order valence-corrected chi connectivity index (χ2v) is 7.47. The minimum absolute atomic E-state index is 0.0725. The number of nitrogens with zero attached hydrogens (tertiary/aromatic N) is 1. The standard InChI is InChI=1S/C15H28N2OS/c1-4-5-13-15(18)17(12-6-8-19-9-7-12)14(16-13)10-11(2)3/h11-14,16H,4-10H2,1-3H3. The molecule has 0 radical (unpaired) electrons. The van der Waals surface area contributed by atoms with Crippen LogP contribution >= 0.6 is 11.8 Å². The van der Waals surface area contributed by atoms with Crippen molar-refractivity contribution in [3.63, 3.8) is 0 Å². The predicted molar refractivity (Wildman–Crippen MR) is 82.3 cm³/mol. The molecule has 1 N–H and O–H groups in total. The van der Waals surface area contributed by atoms with Crippen LogP contribution < -0.4 is 5.32 Å². The number of thioether (sulfide) groups is 1. The van der Waals surface area contributed by atoms with E-state index in [1.807, 2.05) is 11.8 Å². The van der Waals surface area contributed by atoms with E-state index in [0.29, 0.717) is 17.9 Å². The molecule has 19 heavy (non-hydrogen) atoms. The van der Waals surface area contributed by atoms with Crippen LogP contribution in [0.3, 0.4) is 0 Å². The highest BCUT2D eigenvalue weighted by Crippen LogP contribution is 2.29. The van der Waals surface area contributed by atoms with E-state index in [1.165, 1.54) is 24.3 Å². The first-order valence-electron chi connectivity index (χ1n) is 7.79. The lowest BCUT2D eigenvalue weighted by atomic mass is 10.0. The molecule has 0 aromatic carbocycles. The molecule has 2 rings (SSSR count). The van der Waals surface area contributed by atoms with Gasteiger partial charge in [0, 0.05) is 6.04 Å². The van der Waals surface area contributed by atoms with Crippen LogP contribution in [0.25, 0.3) is 0 Å². The summed E-state index contributed by atoms with van der Waals surface area (Å²) in [5.41, 5.74) is 0. The monoisotopic (exact) mass is 284 g/mol. The molecule has 2 unspecified atom stereocenters. The van der Waals surface area contributed by atoms with E-state index in [1.54, 1.807) is 0 Å². The average molecular weight is 284 g/mol. The fourth-order valence-corrected chi connectivity index (χ4v) is 4.32. The highest BCUT2D eigenvalue weighted by Gasteiger charge is 2.42. The number of hydrogen-bond donors (Lipinski definition) is 1. The van der Waals surface area contributed by atoms with Gasteiger partial charge >= 0.3 is 0 Å². The molecule has 3 nitrogen and oxygen atoms in total. The maximum absolute atomic E-state index is 12.6. The Morgan fingerprint density at radius 2 is 2.05 bits per heavy atom. The molecule has 2 heterocycles. The number of nitrogens with one attached hydrogen (secondary N) is 1. The van der Waals surface area contributed by atoms with Crippen LogP contribution in [0.4, 0.5) is 0 Å². The van der Waals surface area contributed by atoms with E-state index in [9.17, 15) is 4.79 Å². The quantitative estimate of drug-likeness (QED) is 0.842. The van der Waals surface area contributed by atoms with Crippen molar-refractivity contribution in [2.45, 2.75) is 71.1 Å². The van der Waals surface area contributed by atoms with Gasteiger partial charge in [-0.1, -0.05) is 27.2 Å². The van der Waals surface area contributed by atoms with Crippen molar-refractivity contribution in [2.75, 3.05) is 11.5 Å². The van der Waals surface area contributed by atoms with E-state index in [4.69, 9.17) is 0 Å². The summed E-state index contributed by atoms with van der Waals surface area (Å²) in [4.78, 5) is 14.9. The fourth-order valence-electron chi connectivity index (χ4n) is 3.24. The molecule has 0 aromatic rings. The summed E-state index contributed by atoms with van der Waals surface area (Å²) in [6.45, 7) is 6.65. The third kappa shape index (κ3) is 3.66. The Kier molecular flexibility index (Phi) is 5.58. The zero-order chi connectivity index (χ0) is 13.8. The molecule has 2 aliphatic heterocycles. The second kappa shape index (κ2) is 6.98. The molecule has 2 fully saturated rings. The van der Waals surface area contributed by atoms with Crippen LogP contribution in [0, 0.1) is 5.92 Å². The minimum Gasteiger partial charge on any atom is -0.323 e. The molecular formula is C15H28N2OS. The van der Waals surface area contributed by atoms with E-state index >= 15 is 0 Å². The molecule has 2 atom stereocenters. The van der Waals surface area contributed by atoms with Gasteiger partial charge in [-0.15, -0.1) is 0 Å². The number of hydrogen-bond acceptors (Lipinski definition) is 3. The summed E-state index contributed by atoms with van der Waals surface area (Å²) >= 11 is 2.03. The Bertz CT molecular complexity index is 303. The number of carbonyl (C=O) groups excluding carboxylic acids is 1. The summed E-state index contributed by atoms with van der Waals surface area (Å²) in [7, 11) is 0. The first-order chi connectivity index (χ1) is 9.13. The van der Waals surface area contributed by atoms with E-state index in [0.717, 1.165) is 19.3 Å². The first kappa shape index (κ1) is 15.2. The molecule has 2 saturated heterocycles. The van der Waals surface area contributed by atoms with Crippen LogP contribution in [-0.2, 0) is 4.79 Å². The van der Waals surface area contributed by atoms with Gasteiger partial charge in [-0.25, -0.2) is 0 Å². The van der Waals surface area contributed by atoms with Crippen molar-refractivity contribution >= 4 is 17.7 Å². The maximum Gasteiger partial charge on any atom is 0.241 e. The normalized spacial score (nSPS) is 29.5. The highest BCUT2D eigenvalue weighted by molar-refractivity contribution is 7.99. The smallest absolute Gasteiger partial charge is 0.241 e. The highest BCUT2D eigenvalue weighted by atomic mass is 32.2. The number of carbonyl (C=O) groups is 1.